The minimum absolute atomic E-state index is 0.318. The molecule has 2 heteroatoms. The molecule has 4 unspecified atom stereocenters. The van der Waals surface area contributed by atoms with Crippen LogP contribution in [0.4, 0.5) is 0 Å². The zero-order valence-electron chi connectivity index (χ0n) is 8.91. The molecule has 3 fully saturated rings. The Hall–Kier alpha value is -0.0800. The van der Waals surface area contributed by atoms with Crippen molar-refractivity contribution in [2.75, 3.05) is 6.61 Å². The van der Waals surface area contributed by atoms with Crippen LogP contribution in [-0.2, 0) is 4.74 Å². The lowest BCUT2D eigenvalue weighted by Crippen LogP contribution is -2.26. The van der Waals surface area contributed by atoms with Crippen molar-refractivity contribution in [3.8, 4) is 0 Å². The van der Waals surface area contributed by atoms with Crippen molar-refractivity contribution in [3.63, 3.8) is 0 Å². The summed E-state index contributed by atoms with van der Waals surface area (Å²) in [5.41, 5.74) is -0.318. The highest BCUT2D eigenvalue weighted by molar-refractivity contribution is 5.17. The molecule has 2 saturated carbocycles. The summed E-state index contributed by atoms with van der Waals surface area (Å²) in [6.45, 7) is 2.92. The molecular formula is C12H20O2. The summed E-state index contributed by atoms with van der Waals surface area (Å²) >= 11 is 0. The topological polar surface area (TPSA) is 29.5 Å². The molecule has 2 nitrogen and oxygen atoms in total. The minimum Gasteiger partial charge on any atom is -0.389 e. The molecule has 4 atom stereocenters. The monoisotopic (exact) mass is 196 g/mol. The van der Waals surface area contributed by atoms with Crippen LogP contribution < -0.4 is 0 Å². The summed E-state index contributed by atoms with van der Waals surface area (Å²) < 4.78 is 5.58. The van der Waals surface area contributed by atoms with Gasteiger partial charge in [0.2, 0.25) is 0 Å². The molecule has 0 aromatic rings. The van der Waals surface area contributed by atoms with Gasteiger partial charge < -0.3 is 9.84 Å². The Balaban J connectivity index is 1.72. The van der Waals surface area contributed by atoms with E-state index in [1.165, 1.54) is 25.7 Å². The van der Waals surface area contributed by atoms with Crippen LogP contribution in [0.3, 0.4) is 0 Å². The third kappa shape index (κ3) is 1.10. The van der Waals surface area contributed by atoms with Gasteiger partial charge in [0, 0.05) is 5.92 Å². The molecule has 3 rings (SSSR count). The number of hydrogen-bond donors (Lipinski definition) is 1. The molecule has 0 radical (unpaired) electrons. The maximum Gasteiger partial charge on any atom is 0.0762 e. The Morgan fingerprint density at radius 1 is 1.21 bits per heavy atom. The van der Waals surface area contributed by atoms with E-state index >= 15 is 0 Å². The SMILES string of the molecule is CC1CC(C2(O)C3CCCCC32)CO1. The molecule has 0 amide bonds. The average Bonchev–Trinajstić information content (AvgIpc) is 2.57. The van der Waals surface area contributed by atoms with E-state index in [9.17, 15) is 5.11 Å². The smallest absolute Gasteiger partial charge is 0.0762 e. The minimum atomic E-state index is -0.318. The molecule has 80 valence electrons. The van der Waals surface area contributed by atoms with Gasteiger partial charge in [-0.25, -0.2) is 0 Å². The molecule has 14 heavy (non-hydrogen) atoms. The van der Waals surface area contributed by atoms with Crippen LogP contribution >= 0.6 is 0 Å². The van der Waals surface area contributed by atoms with Gasteiger partial charge in [0.05, 0.1) is 18.3 Å². The first kappa shape index (κ1) is 9.17. The van der Waals surface area contributed by atoms with E-state index in [1.54, 1.807) is 0 Å². The molecule has 0 bridgehead atoms. The van der Waals surface area contributed by atoms with Gasteiger partial charge in [-0.15, -0.1) is 0 Å². The van der Waals surface area contributed by atoms with Crippen LogP contribution in [0, 0.1) is 17.8 Å². The normalized spacial score (nSPS) is 57.0. The van der Waals surface area contributed by atoms with Crippen molar-refractivity contribution < 1.29 is 9.84 Å². The Labute approximate surface area is 85.6 Å². The summed E-state index contributed by atoms with van der Waals surface area (Å²) in [6.07, 6.45) is 6.60. The van der Waals surface area contributed by atoms with Crippen molar-refractivity contribution in [2.24, 2.45) is 17.8 Å². The number of hydrogen-bond acceptors (Lipinski definition) is 2. The highest BCUT2D eigenvalue weighted by Gasteiger charge is 2.67. The van der Waals surface area contributed by atoms with E-state index in [-0.39, 0.29) is 5.60 Å². The lowest BCUT2D eigenvalue weighted by Gasteiger charge is -2.17. The summed E-state index contributed by atoms with van der Waals surface area (Å²) in [5.74, 6) is 1.68. The molecule has 0 aromatic carbocycles. The van der Waals surface area contributed by atoms with Gasteiger partial charge >= 0.3 is 0 Å². The Kier molecular flexibility index (Phi) is 1.94. The number of rotatable bonds is 1. The second kappa shape index (κ2) is 2.96. The van der Waals surface area contributed by atoms with Gasteiger partial charge in [-0.1, -0.05) is 12.8 Å². The second-order valence-corrected chi connectivity index (χ2v) is 5.46. The van der Waals surface area contributed by atoms with Gasteiger partial charge in [0.15, 0.2) is 0 Å². The van der Waals surface area contributed by atoms with E-state index in [0.717, 1.165) is 13.0 Å². The first-order valence-corrected chi connectivity index (χ1v) is 6.07. The lowest BCUT2D eigenvalue weighted by atomic mass is 9.94. The van der Waals surface area contributed by atoms with Gasteiger partial charge in [-0.3, -0.25) is 0 Å². The van der Waals surface area contributed by atoms with Crippen LogP contribution in [-0.4, -0.2) is 23.4 Å². The summed E-state index contributed by atoms with van der Waals surface area (Å²) in [4.78, 5) is 0. The molecule has 1 heterocycles. The van der Waals surface area contributed by atoms with Crippen molar-refractivity contribution in [2.45, 2.75) is 50.7 Å². The summed E-state index contributed by atoms with van der Waals surface area (Å²) in [7, 11) is 0. The van der Waals surface area contributed by atoms with Gasteiger partial charge in [0.1, 0.15) is 0 Å². The first-order valence-electron chi connectivity index (χ1n) is 6.07. The summed E-state index contributed by atoms with van der Waals surface area (Å²) in [5, 5.41) is 10.6. The number of fused-ring (bicyclic) bond motifs is 1. The van der Waals surface area contributed by atoms with Gasteiger partial charge in [-0.2, -0.15) is 0 Å². The van der Waals surface area contributed by atoms with Gasteiger partial charge in [-0.05, 0) is 38.0 Å². The van der Waals surface area contributed by atoms with Crippen molar-refractivity contribution in [1.82, 2.24) is 0 Å². The Morgan fingerprint density at radius 2 is 1.86 bits per heavy atom. The quantitative estimate of drug-likeness (QED) is 0.694. The molecule has 3 aliphatic rings. The average molecular weight is 196 g/mol. The van der Waals surface area contributed by atoms with Crippen molar-refractivity contribution in [1.29, 1.82) is 0 Å². The highest BCUT2D eigenvalue weighted by Crippen LogP contribution is 2.63. The number of aliphatic hydroxyl groups is 1. The predicted molar refractivity (Wildman–Crippen MR) is 53.9 cm³/mol. The molecule has 0 spiro atoms. The first-order chi connectivity index (χ1) is 6.73. The number of ether oxygens (including phenoxy) is 1. The van der Waals surface area contributed by atoms with E-state index in [2.05, 4.69) is 6.92 Å². The van der Waals surface area contributed by atoms with Crippen molar-refractivity contribution >= 4 is 0 Å². The largest absolute Gasteiger partial charge is 0.389 e. The van der Waals surface area contributed by atoms with Crippen molar-refractivity contribution in [3.05, 3.63) is 0 Å². The maximum atomic E-state index is 10.6. The van der Waals surface area contributed by atoms with E-state index in [4.69, 9.17) is 4.74 Å². The lowest BCUT2D eigenvalue weighted by molar-refractivity contribution is 0.0418. The van der Waals surface area contributed by atoms with E-state index in [0.29, 0.717) is 23.9 Å². The molecular weight excluding hydrogens is 176 g/mol. The standard InChI is InChI=1S/C12H20O2/c1-8-6-9(7-14-8)12(13)10-4-2-3-5-11(10)12/h8-11,13H,2-7H2,1H3. The van der Waals surface area contributed by atoms with Crippen LogP contribution in [0.15, 0.2) is 0 Å². The summed E-state index contributed by atoms with van der Waals surface area (Å²) in [6, 6.07) is 0. The molecule has 0 aromatic heterocycles. The van der Waals surface area contributed by atoms with E-state index < -0.39 is 0 Å². The molecule has 1 aliphatic heterocycles. The molecule has 1 N–H and O–H groups in total. The predicted octanol–water partition coefficient (Wildman–Crippen LogP) is 1.96. The third-order valence-electron chi connectivity index (χ3n) is 4.70. The van der Waals surface area contributed by atoms with Crippen LogP contribution in [0.2, 0.25) is 0 Å². The Morgan fingerprint density at radius 3 is 2.36 bits per heavy atom. The van der Waals surface area contributed by atoms with Crippen LogP contribution in [0.25, 0.3) is 0 Å². The fourth-order valence-corrected chi connectivity index (χ4v) is 3.88. The zero-order chi connectivity index (χ0) is 9.76. The Bertz CT molecular complexity index is 226. The third-order valence-corrected chi connectivity index (χ3v) is 4.70. The van der Waals surface area contributed by atoms with Gasteiger partial charge in [0.25, 0.3) is 0 Å². The van der Waals surface area contributed by atoms with Crippen LogP contribution in [0.5, 0.6) is 0 Å². The second-order valence-electron chi connectivity index (χ2n) is 5.46. The molecule has 1 saturated heterocycles. The van der Waals surface area contributed by atoms with E-state index in [1.807, 2.05) is 0 Å². The maximum absolute atomic E-state index is 10.6. The van der Waals surface area contributed by atoms with Crippen LogP contribution in [0.1, 0.15) is 39.0 Å². The molecule has 2 aliphatic carbocycles. The fourth-order valence-electron chi connectivity index (χ4n) is 3.88. The highest BCUT2D eigenvalue weighted by atomic mass is 16.5. The zero-order valence-corrected chi connectivity index (χ0v) is 8.91. The fraction of sp³-hybridized carbons (Fsp3) is 1.00.